The van der Waals surface area contributed by atoms with Crippen LogP contribution in [0.25, 0.3) is 17.3 Å². The molecule has 0 aliphatic heterocycles. The predicted octanol–water partition coefficient (Wildman–Crippen LogP) is 3.94. The third-order valence-electron chi connectivity index (χ3n) is 5.41. The van der Waals surface area contributed by atoms with Crippen LogP contribution in [-0.4, -0.2) is 51.5 Å². The first-order valence-electron chi connectivity index (χ1n) is 9.88. The van der Waals surface area contributed by atoms with Crippen LogP contribution in [0.5, 0.6) is 28.7 Å². The van der Waals surface area contributed by atoms with Gasteiger partial charge in [-0.1, -0.05) is 0 Å². The summed E-state index contributed by atoms with van der Waals surface area (Å²) in [5.41, 5.74) is 4.37. The molecule has 32 heavy (non-hydrogen) atoms. The number of methoxy groups -OCH3 is 5. The second-order valence-electron chi connectivity index (χ2n) is 7.16. The lowest BCUT2D eigenvalue weighted by Gasteiger charge is -2.13. The fourth-order valence-corrected chi connectivity index (χ4v) is 3.83. The van der Waals surface area contributed by atoms with E-state index in [1.54, 1.807) is 41.6 Å². The molecular formula is C24H24N2O6. The van der Waals surface area contributed by atoms with Crippen molar-refractivity contribution >= 4 is 11.9 Å². The van der Waals surface area contributed by atoms with Gasteiger partial charge in [0.2, 0.25) is 5.75 Å². The molecule has 0 amide bonds. The molecule has 8 nitrogen and oxygen atoms in total. The van der Waals surface area contributed by atoms with Crippen LogP contribution in [0.2, 0.25) is 0 Å². The van der Waals surface area contributed by atoms with E-state index in [0.717, 1.165) is 11.1 Å². The Kier molecular flexibility index (Phi) is 5.77. The number of Topliss-reactive ketones (excluding diaryl/α,β-unsaturated/α-hetero) is 1. The highest BCUT2D eigenvalue weighted by Crippen LogP contribution is 2.41. The summed E-state index contributed by atoms with van der Waals surface area (Å²) in [7, 11) is 7.81. The van der Waals surface area contributed by atoms with Crippen LogP contribution < -0.4 is 23.7 Å². The van der Waals surface area contributed by atoms with E-state index in [0.29, 0.717) is 57.7 Å². The maximum atomic E-state index is 12.9. The molecule has 166 valence electrons. The van der Waals surface area contributed by atoms with Crippen LogP contribution in [0.3, 0.4) is 0 Å². The number of ether oxygens (including phenoxy) is 5. The van der Waals surface area contributed by atoms with Gasteiger partial charge < -0.3 is 23.7 Å². The lowest BCUT2D eigenvalue weighted by molar-refractivity contribution is 0.104. The lowest BCUT2D eigenvalue weighted by atomic mass is 10.1. The third-order valence-corrected chi connectivity index (χ3v) is 5.41. The topological polar surface area (TPSA) is 91.9 Å². The number of fused-ring (bicyclic) bond motifs is 1. The summed E-state index contributed by atoms with van der Waals surface area (Å²) in [6.45, 7) is 0. The van der Waals surface area contributed by atoms with Crippen molar-refractivity contribution in [3.8, 4) is 40.0 Å². The number of nitrogens with zero attached hydrogens (tertiary/aromatic N) is 1. The predicted molar refractivity (Wildman–Crippen MR) is 119 cm³/mol. The average molecular weight is 436 g/mol. The molecule has 1 heterocycles. The van der Waals surface area contributed by atoms with Gasteiger partial charge in [0.05, 0.1) is 46.9 Å². The first kappa shape index (κ1) is 21.3. The SMILES string of the molecule is COc1cc2c(cc1OC)C(=O)/C(=C/c1cc(-c3cc(OC)c(OC)c(OC)c3)n[nH]1)C2. The zero-order chi connectivity index (χ0) is 22.8. The first-order chi connectivity index (χ1) is 15.5. The smallest absolute Gasteiger partial charge is 0.203 e. The fraction of sp³-hybridized carbons (Fsp3) is 0.250. The molecule has 0 saturated heterocycles. The molecule has 1 aliphatic carbocycles. The molecule has 0 bridgehead atoms. The van der Waals surface area contributed by atoms with Gasteiger partial charge in [-0.3, -0.25) is 9.89 Å². The first-order valence-corrected chi connectivity index (χ1v) is 9.88. The second kappa shape index (κ2) is 8.66. The molecule has 2 aromatic carbocycles. The van der Waals surface area contributed by atoms with Crippen molar-refractivity contribution in [3.05, 3.63) is 52.7 Å². The molecule has 1 aliphatic rings. The molecule has 0 atom stereocenters. The summed E-state index contributed by atoms with van der Waals surface area (Å²) < 4.78 is 26.9. The molecule has 8 heteroatoms. The summed E-state index contributed by atoms with van der Waals surface area (Å²) in [4.78, 5) is 12.9. The van der Waals surface area contributed by atoms with E-state index < -0.39 is 0 Å². The van der Waals surface area contributed by atoms with E-state index in [1.165, 1.54) is 0 Å². The van der Waals surface area contributed by atoms with Crippen LogP contribution in [0.4, 0.5) is 0 Å². The maximum Gasteiger partial charge on any atom is 0.203 e. The van der Waals surface area contributed by atoms with E-state index in [1.807, 2.05) is 30.3 Å². The van der Waals surface area contributed by atoms with Gasteiger partial charge >= 0.3 is 0 Å². The number of nitrogens with one attached hydrogen (secondary N) is 1. The van der Waals surface area contributed by atoms with E-state index >= 15 is 0 Å². The van der Waals surface area contributed by atoms with Crippen molar-refractivity contribution in [2.45, 2.75) is 6.42 Å². The Balaban J connectivity index is 1.66. The second-order valence-corrected chi connectivity index (χ2v) is 7.16. The Bertz CT molecular complexity index is 1190. The monoisotopic (exact) mass is 436 g/mol. The van der Waals surface area contributed by atoms with Gasteiger partial charge in [0.25, 0.3) is 0 Å². The number of rotatable bonds is 7. The zero-order valence-corrected chi connectivity index (χ0v) is 18.6. The molecule has 0 spiro atoms. The minimum absolute atomic E-state index is 0.0371. The molecule has 3 aromatic rings. The van der Waals surface area contributed by atoms with E-state index in [2.05, 4.69) is 10.2 Å². The van der Waals surface area contributed by atoms with E-state index in [4.69, 9.17) is 23.7 Å². The normalized spacial score (nSPS) is 13.8. The number of benzene rings is 2. The Morgan fingerprint density at radius 1 is 0.812 bits per heavy atom. The van der Waals surface area contributed by atoms with Gasteiger partial charge in [0.15, 0.2) is 28.8 Å². The fourth-order valence-electron chi connectivity index (χ4n) is 3.83. The minimum atomic E-state index is -0.0371. The number of ketones is 1. The lowest BCUT2D eigenvalue weighted by Crippen LogP contribution is -1.97. The molecule has 0 saturated carbocycles. The Hall–Kier alpha value is -3.94. The number of hydrogen-bond donors (Lipinski definition) is 1. The zero-order valence-electron chi connectivity index (χ0n) is 18.6. The van der Waals surface area contributed by atoms with Crippen molar-refractivity contribution in [1.82, 2.24) is 10.2 Å². The molecule has 1 N–H and O–H groups in total. The minimum Gasteiger partial charge on any atom is -0.493 e. The van der Waals surface area contributed by atoms with Gasteiger partial charge in [0, 0.05) is 23.1 Å². The highest BCUT2D eigenvalue weighted by Gasteiger charge is 2.27. The average Bonchev–Trinajstić information content (AvgIpc) is 3.41. The highest BCUT2D eigenvalue weighted by molar-refractivity contribution is 6.15. The Morgan fingerprint density at radius 3 is 2.03 bits per heavy atom. The van der Waals surface area contributed by atoms with Gasteiger partial charge in [0.1, 0.15) is 0 Å². The largest absolute Gasteiger partial charge is 0.493 e. The van der Waals surface area contributed by atoms with Crippen molar-refractivity contribution in [2.75, 3.05) is 35.5 Å². The quantitative estimate of drug-likeness (QED) is 0.561. The van der Waals surface area contributed by atoms with E-state index in [9.17, 15) is 4.79 Å². The number of aromatic amines is 1. The van der Waals surface area contributed by atoms with E-state index in [-0.39, 0.29) is 5.78 Å². The van der Waals surface area contributed by atoms with Gasteiger partial charge in [-0.2, -0.15) is 5.10 Å². The maximum absolute atomic E-state index is 12.9. The molecule has 0 radical (unpaired) electrons. The number of allylic oxidation sites excluding steroid dienone is 1. The summed E-state index contributed by atoms with van der Waals surface area (Å²) >= 11 is 0. The van der Waals surface area contributed by atoms with Crippen molar-refractivity contribution in [2.24, 2.45) is 0 Å². The molecular weight excluding hydrogens is 412 g/mol. The number of hydrogen-bond acceptors (Lipinski definition) is 7. The number of carbonyl (C=O) groups is 1. The third kappa shape index (κ3) is 3.64. The van der Waals surface area contributed by atoms with Crippen molar-refractivity contribution in [3.63, 3.8) is 0 Å². The number of aromatic nitrogens is 2. The summed E-state index contributed by atoms with van der Waals surface area (Å²) in [6.07, 6.45) is 2.32. The van der Waals surface area contributed by atoms with Crippen LogP contribution in [0.15, 0.2) is 35.9 Å². The summed E-state index contributed by atoms with van der Waals surface area (Å²) in [5, 5.41) is 7.38. The van der Waals surface area contributed by atoms with Crippen molar-refractivity contribution in [1.29, 1.82) is 0 Å². The van der Waals surface area contributed by atoms with Crippen LogP contribution >= 0.6 is 0 Å². The van der Waals surface area contributed by atoms with Crippen LogP contribution in [0, 0.1) is 0 Å². The summed E-state index contributed by atoms with van der Waals surface area (Å²) in [6, 6.07) is 9.09. The molecule has 0 fully saturated rings. The van der Waals surface area contributed by atoms with Gasteiger partial charge in [-0.15, -0.1) is 0 Å². The number of carbonyl (C=O) groups excluding carboxylic acids is 1. The molecule has 1 aromatic heterocycles. The Morgan fingerprint density at radius 2 is 1.44 bits per heavy atom. The van der Waals surface area contributed by atoms with Crippen LogP contribution in [0.1, 0.15) is 21.6 Å². The standard InChI is InChI=1S/C24H24N2O6/c1-28-19-8-13-6-15(23(27)17(13)12-20(19)29-2)7-16-11-18(26-25-16)14-9-21(30-3)24(32-5)22(10-14)31-4/h7-12H,6H2,1-5H3,(H,25,26)/b15-7+. The van der Waals surface area contributed by atoms with Crippen LogP contribution in [-0.2, 0) is 6.42 Å². The molecule has 0 unspecified atom stereocenters. The number of H-pyrrole nitrogens is 1. The van der Waals surface area contributed by atoms with Gasteiger partial charge in [-0.25, -0.2) is 0 Å². The molecule has 4 rings (SSSR count). The Labute approximate surface area is 185 Å². The van der Waals surface area contributed by atoms with Crippen molar-refractivity contribution < 1.29 is 28.5 Å². The summed E-state index contributed by atoms with van der Waals surface area (Å²) in [5.74, 6) is 2.68. The van der Waals surface area contributed by atoms with Gasteiger partial charge in [-0.05, 0) is 42.0 Å². The highest BCUT2D eigenvalue weighted by atomic mass is 16.5.